The summed E-state index contributed by atoms with van der Waals surface area (Å²) in [5, 5.41) is 5.68. The van der Waals surface area contributed by atoms with Crippen molar-refractivity contribution in [2.45, 2.75) is 32.9 Å². The lowest BCUT2D eigenvalue weighted by molar-refractivity contribution is -0.111. The third kappa shape index (κ3) is 5.06. The van der Waals surface area contributed by atoms with Crippen molar-refractivity contribution in [3.63, 3.8) is 0 Å². The molecule has 10 nitrogen and oxygen atoms in total. The number of amides is 3. The Morgan fingerprint density at radius 3 is 2.77 bits per heavy atom. The first-order valence-corrected chi connectivity index (χ1v) is 11.2. The summed E-state index contributed by atoms with van der Waals surface area (Å²) in [7, 11) is 1.78. The predicted molar refractivity (Wildman–Crippen MR) is 134 cm³/mol. The average molecular weight is 474 g/mol. The summed E-state index contributed by atoms with van der Waals surface area (Å²) in [5.74, 6) is 1.25. The fourth-order valence-corrected chi connectivity index (χ4v) is 3.61. The molecule has 0 fully saturated rings. The molecule has 1 aliphatic rings. The minimum atomic E-state index is -0.343. The topological polar surface area (TPSA) is 113 Å². The minimum Gasteiger partial charge on any atom is -0.423 e. The van der Waals surface area contributed by atoms with Gasteiger partial charge in [0.15, 0.2) is 5.82 Å². The number of nitrogens with zero attached hydrogens (tertiary/aromatic N) is 5. The smallest absolute Gasteiger partial charge is 0.330 e. The zero-order chi connectivity index (χ0) is 24.9. The van der Waals surface area contributed by atoms with Crippen molar-refractivity contribution in [1.82, 2.24) is 19.9 Å². The van der Waals surface area contributed by atoms with Gasteiger partial charge in [-0.1, -0.05) is 19.6 Å². The quantitative estimate of drug-likeness (QED) is 0.456. The molecule has 0 saturated heterocycles. The van der Waals surface area contributed by atoms with Crippen LogP contribution in [0.3, 0.4) is 0 Å². The molecule has 4 rings (SSSR count). The van der Waals surface area contributed by atoms with Crippen LogP contribution in [-0.4, -0.2) is 44.9 Å². The molecular formula is C25H27N7O3. The molecule has 1 aliphatic heterocycles. The molecule has 0 aliphatic carbocycles. The highest BCUT2D eigenvalue weighted by molar-refractivity contribution is 6.03. The van der Waals surface area contributed by atoms with Gasteiger partial charge in [-0.25, -0.2) is 19.7 Å². The van der Waals surface area contributed by atoms with E-state index in [-0.39, 0.29) is 24.0 Å². The van der Waals surface area contributed by atoms with Crippen molar-refractivity contribution in [2.24, 2.45) is 0 Å². The van der Waals surface area contributed by atoms with E-state index in [9.17, 15) is 9.59 Å². The summed E-state index contributed by atoms with van der Waals surface area (Å²) in [6.45, 7) is 7.90. The number of anilines is 4. The highest BCUT2D eigenvalue weighted by Crippen LogP contribution is 2.36. The first-order chi connectivity index (χ1) is 16.9. The van der Waals surface area contributed by atoms with E-state index in [0.29, 0.717) is 35.3 Å². The second kappa shape index (κ2) is 10.2. The molecule has 3 amide bonds. The van der Waals surface area contributed by atoms with E-state index in [1.807, 2.05) is 13.8 Å². The molecular weight excluding hydrogens is 446 g/mol. The van der Waals surface area contributed by atoms with E-state index in [1.54, 1.807) is 60.7 Å². The number of fused-ring (bicyclic) bond motifs is 1. The van der Waals surface area contributed by atoms with Crippen LogP contribution >= 0.6 is 0 Å². The van der Waals surface area contributed by atoms with Crippen LogP contribution in [0.15, 0.2) is 61.4 Å². The zero-order valence-corrected chi connectivity index (χ0v) is 19.9. The Morgan fingerprint density at radius 2 is 2.09 bits per heavy atom. The average Bonchev–Trinajstić information content (AvgIpc) is 2.88. The molecule has 0 bridgehead atoms. The molecule has 1 aromatic carbocycles. The Hall–Kier alpha value is -4.47. The van der Waals surface area contributed by atoms with Gasteiger partial charge in [-0.3, -0.25) is 4.79 Å². The Labute approximate surface area is 203 Å². The van der Waals surface area contributed by atoms with Crippen LogP contribution in [0.4, 0.5) is 27.8 Å². The van der Waals surface area contributed by atoms with Gasteiger partial charge in [0.05, 0.1) is 18.4 Å². The third-order valence-electron chi connectivity index (χ3n) is 5.69. The van der Waals surface area contributed by atoms with E-state index in [1.165, 1.54) is 11.0 Å². The Kier molecular flexibility index (Phi) is 6.91. The Bertz CT molecular complexity index is 1250. The lowest BCUT2D eigenvalue weighted by atomic mass is 10.1. The van der Waals surface area contributed by atoms with Crippen LogP contribution < -0.4 is 20.3 Å². The number of carbonyl (C=O) groups excluding carboxylic acids is 2. The normalized spacial score (nSPS) is 13.6. The SMILES string of the molecule is C=CC(=O)Nc1cccc(N2C(=O)N([C@H](C)CC)Cc3cnc(Oc4ccc(NC)nc4)nc32)c1. The van der Waals surface area contributed by atoms with Crippen molar-refractivity contribution < 1.29 is 14.3 Å². The van der Waals surface area contributed by atoms with Gasteiger partial charge in [0.25, 0.3) is 0 Å². The number of carbonyl (C=O) groups is 2. The molecule has 180 valence electrons. The minimum absolute atomic E-state index is 0.00879. The number of benzene rings is 1. The summed E-state index contributed by atoms with van der Waals surface area (Å²) in [5.41, 5.74) is 1.86. The fourth-order valence-electron chi connectivity index (χ4n) is 3.61. The third-order valence-corrected chi connectivity index (χ3v) is 5.69. The van der Waals surface area contributed by atoms with Crippen LogP contribution in [0.2, 0.25) is 0 Å². The second-order valence-electron chi connectivity index (χ2n) is 7.98. The summed E-state index contributed by atoms with van der Waals surface area (Å²) < 4.78 is 5.82. The maximum atomic E-state index is 13.6. The van der Waals surface area contributed by atoms with Gasteiger partial charge in [-0.05, 0) is 49.8 Å². The maximum absolute atomic E-state index is 13.6. The van der Waals surface area contributed by atoms with E-state index in [0.717, 1.165) is 12.0 Å². The molecule has 3 heterocycles. The summed E-state index contributed by atoms with van der Waals surface area (Å²) in [4.78, 5) is 41.9. The van der Waals surface area contributed by atoms with Crippen molar-refractivity contribution >= 4 is 34.9 Å². The van der Waals surface area contributed by atoms with Gasteiger partial charge in [0, 0.05) is 30.5 Å². The summed E-state index contributed by atoms with van der Waals surface area (Å²) in [6.07, 6.45) is 5.22. The van der Waals surface area contributed by atoms with E-state index >= 15 is 0 Å². The van der Waals surface area contributed by atoms with Crippen LogP contribution in [-0.2, 0) is 11.3 Å². The monoisotopic (exact) mass is 473 g/mol. The van der Waals surface area contributed by atoms with Crippen LogP contribution in [0.5, 0.6) is 11.8 Å². The molecule has 10 heteroatoms. The zero-order valence-electron chi connectivity index (χ0n) is 19.9. The largest absolute Gasteiger partial charge is 0.423 e. The number of nitrogens with one attached hydrogen (secondary N) is 2. The van der Waals surface area contributed by atoms with E-state index in [2.05, 4.69) is 32.2 Å². The van der Waals surface area contributed by atoms with Crippen molar-refractivity contribution in [3.8, 4) is 11.8 Å². The van der Waals surface area contributed by atoms with Gasteiger partial charge in [0.2, 0.25) is 5.91 Å². The van der Waals surface area contributed by atoms with Gasteiger partial charge in [-0.2, -0.15) is 4.98 Å². The first-order valence-electron chi connectivity index (χ1n) is 11.2. The van der Waals surface area contributed by atoms with Crippen molar-refractivity contribution in [3.05, 3.63) is 67.0 Å². The molecule has 2 N–H and O–H groups in total. The number of aromatic nitrogens is 3. The summed E-state index contributed by atoms with van der Waals surface area (Å²) >= 11 is 0. The van der Waals surface area contributed by atoms with Gasteiger partial charge in [-0.15, -0.1) is 0 Å². The highest BCUT2D eigenvalue weighted by atomic mass is 16.5. The molecule has 1 atom stereocenters. The number of hydrogen-bond donors (Lipinski definition) is 2. The van der Waals surface area contributed by atoms with Crippen LogP contribution in [0, 0.1) is 0 Å². The second-order valence-corrected chi connectivity index (χ2v) is 7.98. The fraction of sp³-hybridized carbons (Fsp3) is 0.240. The van der Waals surface area contributed by atoms with Crippen molar-refractivity contribution in [1.29, 1.82) is 0 Å². The number of ether oxygens (including phenoxy) is 1. The first kappa shape index (κ1) is 23.7. The molecule has 0 unspecified atom stereocenters. The van der Waals surface area contributed by atoms with Crippen LogP contribution in [0.1, 0.15) is 25.8 Å². The highest BCUT2D eigenvalue weighted by Gasteiger charge is 2.35. The van der Waals surface area contributed by atoms with Gasteiger partial charge in [0.1, 0.15) is 11.6 Å². The molecule has 2 aromatic heterocycles. The molecule has 35 heavy (non-hydrogen) atoms. The number of hydrogen-bond acceptors (Lipinski definition) is 7. The van der Waals surface area contributed by atoms with E-state index in [4.69, 9.17) is 4.74 Å². The molecule has 0 saturated carbocycles. The lowest BCUT2D eigenvalue weighted by Gasteiger charge is -2.39. The van der Waals surface area contributed by atoms with Gasteiger partial charge >= 0.3 is 12.0 Å². The molecule has 0 radical (unpaired) electrons. The summed E-state index contributed by atoms with van der Waals surface area (Å²) in [6, 6.07) is 10.4. The number of urea groups is 1. The van der Waals surface area contributed by atoms with E-state index < -0.39 is 0 Å². The predicted octanol–water partition coefficient (Wildman–Crippen LogP) is 4.70. The Morgan fingerprint density at radius 1 is 1.26 bits per heavy atom. The van der Waals surface area contributed by atoms with Crippen LogP contribution in [0.25, 0.3) is 0 Å². The molecule has 3 aromatic rings. The number of pyridine rings is 1. The maximum Gasteiger partial charge on any atom is 0.330 e. The number of rotatable bonds is 8. The lowest BCUT2D eigenvalue weighted by Crippen LogP contribution is -2.49. The van der Waals surface area contributed by atoms with Gasteiger partial charge < -0.3 is 20.3 Å². The Balaban J connectivity index is 1.74. The molecule has 0 spiro atoms. The standard InChI is InChI=1S/C25H27N7O3/c1-5-16(3)31-15-17-13-28-24(35-20-10-11-21(26-4)27-14-20)30-23(17)32(25(31)34)19-9-7-8-18(12-19)29-22(33)6-2/h6-14,16H,2,5,15H2,1,3-4H3,(H,26,27)(H,29,33)/t16-/m1/s1. The van der Waals surface area contributed by atoms with Crippen molar-refractivity contribution in [2.75, 3.05) is 22.6 Å².